The quantitative estimate of drug-likeness (QED) is 0.582. The summed E-state index contributed by atoms with van der Waals surface area (Å²) >= 11 is 0. The number of amides is 2. The highest BCUT2D eigenvalue weighted by molar-refractivity contribution is 6.09. The maximum Gasteiger partial charge on any atom is 0.327 e. The van der Waals surface area contributed by atoms with Gasteiger partial charge >= 0.3 is 5.97 Å². The van der Waals surface area contributed by atoms with E-state index < -0.39 is 29.4 Å². The number of phenolic OH excluding ortho intramolecular Hbond substituents is 1. The average molecular weight is 374 g/mol. The number of carbonyl (C=O) groups is 3. The Balaban J connectivity index is 2.10. The molecule has 2 aliphatic rings. The summed E-state index contributed by atoms with van der Waals surface area (Å²) in [6, 6.07) is 5.99. The van der Waals surface area contributed by atoms with E-state index in [9.17, 15) is 19.5 Å². The van der Waals surface area contributed by atoms with Crippen molar-refractivity contribution in [1.82, 2.24) is 10.2 Å². The van der Waals surface area contributed by atoms with Gasteiger partial charge in [-0.15, -0.1) is 0 Å². The molecule has 1 aromatic rings. The number of imide groups is 1. The molecule has 27 heavy (non-hydrogen) atoms. The molecule has 0 saturated carbocycles. The number of fused-ring (bicyclic) bond motifs is 1. The van der Waals surface area contributed by atoms with E-state index in [0.717, 1.165) is 23.3 Å². The van der Waals surface area contributed by atoms with Crippen molar-refractivity contribution in [2.45, 2.75) is 44.7 Å². The number of aromatic hydroxyl groups is 1. The Bertz CT molecular complexity index is 747. The SMILES string of the molecule is CCCC[C@]1(C(=O)OCC)N[C@@H](c2ccc(O)cc2)[C@H]2C(=O)N(C)C(=O)[C@H]21. The minimum Gasteiger partial charge on any atom is -0.508 e. The zero-order valence-electron chi connectivity index (χ0n) is 15.9. The molecule has 2 fully saturated rings. The summed E-state index contributed by atoms with van der Waals surface area (Å²) in [5.74, 6) is -2.47. The van der Waals surface area contributed by atoms with E-state index in [1.807, 2.05) is 6.92 Å². The molecule has 7 heteroatoms. The molecule has 0 aromatic heterocycles. The highest BCUT2D eigenvalue weighted by Crippen LogP contribution is 2.50. The molecule has 0 aliphatic carbocycles. The number of rotatable bonds is 6. The maximum atomic E-state index is 13.0. The Hall–Kier alpha value is -2.41. The van der Waals surface area contributed by atoms with E-state index in [0.29, 0.717) is 6.42 Å². The summed E-state index contributed by atoms with van der Waals surface area (Å²) in [6.07, 6.45) is 2.00. The first-order valence-electron chi connectivity index (χ1n) is 9.42. The second-order valence-electron chi connectivity index (χ2n) is 7.25. The van der Waals surface area contributed by atoms with Crippen molar-refractivity contribution < 1.29 is 24.2 Å². The van der Waals surface area contributed by atoms with Crippen LogP contribution in [0.25, 0.3) is 0 Å². The lowest BCUT2D eigenvalue weighted by Gasteiger charge is -2.32. The first-order valence-corrected chi connectivity index (χ1v) is 9.42. The van der Waals surface area contributed by atoms with Crippen LogP contribution in [0.2, 0.25) is 0 Å². The number of nitrogens with one attached hydrogen (secondary N) is 1. The smallest absolute Gasteiger partial charge is 0.327 e. The lowest BCUT2D eigenvalue weighted by Crippen LogP contribution is -2.56. The number of likely N-dealkylation sites (tertiary alicyclic amines) is 1. The normalized spacial score (nSPS) is 29.9. The third-order valence-corrected chi connectivity index (χ3v) is 5.69. The maximum absolute atomic E-state index is 13.0. The highest BCUT2D eigenvalue weighted by Gasteiger charge is 2.67. The van der Waals surface area contributed by atoms with Gasteiger partial charge in [-0.05, 0) is 31.0 Å². The molecule has 4 atom stereocenters. The Labute approximate surface area is 158 Å². The van der Waals surface area contributed by atoms with Gasteiger partial charge in [-0.2, -0.15) is 0 Å². The van der Waals surface area contributed by atoms with Gasteiger partial charge in [-0.3, -0.25) is 24.6 Å². The van der Waals surface area contributed by atoms with Crippen molar-refractivity contribution in [1.29, 1.82) is 0 Å². The number of phenols is 1. The molecule has 0 bridgehead atoms. The highest BCUT2D eigenvalue weighted by atomic mass is 16.5. The van der Waals surface area contributed by atoms with Crippen molar-refractivity contribution in [3.63, 3.8) is 0 Å². The molecule has 7 nitrogen and oxygen atoms in total. The minimum atomic E-state index is -1.23. The van der Waals surface area contributed by atoms with Crippen molar-refractivity contribution in [2.75, 3.05) is 13.7 Å². The number of nitrogens with zero attached hydrogens (tertiary/aromatic N) is 1. The largest absolute Gasteiger partial charge is 0.508 e. The third kappa shape index (κ3) is 3.00. The van der Waals surface area contributed by atoms with Crippen LogP contribution in [0.1, 0.15) is 44.7 Å². The van der Waals surface area contributed by atoms with Crippen LogP contribution >= 0.6 is 0 Å². The fraction of sp³-hybridized carbons (Fsp3) is 0.550. The number of carbonyl (C=O) groups excluding carboxylic acids is 3. The number of hydrogen-bond acceptors (Lipinski definition) is 6. The summed E-state index contributed by atoms with van der Waals surface area (Å²) in [6.45, 7) is 3.94. The summed E-state index contributed by atoms with van der Waals surface area (Å²) in [5.41, 5.74) is -0.474. The molecule has 3 rings (SSSR count). The van der Waals surface area contributed by atoms with Crippen LogP contribution in [0.5, 0.6) is 5.75 Å². The second-order valence-corrected chi connectivity index (χ2v) is 7.25. The molecule has 0 spiro atoms. The average Bonchev–Trinajstić information content (AvgIpc) is 3.11. The molecule has 2 N–H and O–H groups in total. The van der Waals surface area contributed by atoms with E-state index in [2.05, 4.69) is 5.32 Å². The Morgan fingerprint density at radius 1 is 1.22 bits per heavy atom. The third-order valence-electron chi connectivity index (χ3n) is 5.69. The number of ether oxygens (including phenoxy) is 1. The summed E-state index contributed by atoms with van der Waals surface area (Å²) in [7, 11) is 1.46. The van der Waals surface area contributed by atoms with Gasteiger partial charge in [0.05, 0.1) is 18.4 Å². The Morgan fingerprint density at radius 2 is 1.89 bits per heavy atom. The van der Waals surface area contributed by atoms with Crippen LogP contribution in [0.15, 0.2) is 24.3 Å². The number of unbranched alkanes of at least 4 members (excludes halogenated alkanes) is 1. The van der Waals surface area contributed by atoms with Gasteiger partial charge < -0.3 is 9.84 Å². The lowest BCUT2D eigenvalue weighted by atomic mass is 9.76. The Kier molecular flexibility index (Phi) is 5.24. The molecule has 2 heterocycles. The first kappa shape index (κ1) is 19.4. The van der Waals surface area contributed by atoms with Gasteiger partial charge in [0.15, 0.2) is 0 Å². The van der Waals surface area contributed by atoms with Gasteiger partial charge in [0.25, 0.3) is 0 Å². The summed E-state index contributed by atoms with van der Waals surface area (Å²) in [4.78, 5) is 39.9. The van der Waals surface area contributed by atoms with Crippen molar-refractivity contribution in [3.05, 3.63) is 29.8 Å². The predicted octanol–water partition coefficient (Wildman–Crippen LogP) is 1.76. The van der Waals surface area contributed by atoms with Crippen LogP contribution in [0.4, 0.5) is 0 Å². The summed E-state index contributed by atoms with van der Waals surface area (Å²) < 4.78 is 5.33. The van der Waals surface area contributed by atoms with Gasteiger partial charge in [-0.1, -0.05) is 31.9 Å². The zero-order valence-corrected chi connectivity index (χ0v) is 15.9. The van der Waals surface area contributed by atoms with Gasteiger partial charge in [0.2, 0.25) is 11.8 Å². The molecular weight excluding hydrogens is 348 g/mol. The van der Waals surface area contributed by atoms with E-state index in [1.54, 1.807) is 19.1 Å². The molecular formula is C20H26N2O5. The van der Waals surface area contributed by atoms with Crippen molar-refractivity contribution >= 4 is 17.8 Å². The van der Waals surface area contributed by atoms with Crippen LogP contribution in [0, 0.1) is 11.8 Å². The van der Waals surface area contributed by atoms with Gasteiger partial charge in [0.1, 0.15) is 11.3 Å². The van der Waals surface area contributed by atoms with Gasteiger partial charge in [0, 0.05) is 13.1 Å². The molecule has 1 aromatic carbocycles. The standard InChI is InChI=1S/C20H26N2O5/c1-4-6-11-20(19(26)27-5-2)15-14(17(24)22(3)18(15)25)16(21-20)12-7-9-13(23)10-8-12/h7-10,14-16,21,23H,4-6,11H2,1-3H3/t14-,15-,16-,20-/m0/s1. The van der Waals surface area contributed by atoms with Crippen LogP contribution in [-0.2, 0) is 19.1 Å². The number of esters is 1. The Morgan fingerprint density at radius 3 is 2.48 bits per heavy atom. The zero-order chi connectivity index (χ0) is 19.8. The van der Waals surface area contributed by atoms with Crippen molar-refractivity contribution in [3.8, 4) is 5.75 Å². The predicted molar refractivity (Wildman–Crippen MR) is 97.6 cm³/mol. The first-order chi connectivity index (χ1) is 12.9. The second kappa shape index (κ2) is 7.31. The molecule has 0 radical (unpaired) electrons. The lowest BCUT2D eigenvalue weighted by molar-refractivity contribution is -0.156. The van der Waals surface area contributed by atoms with Gasteiger partial charge in [-0.25, -0.2) is 0 Å². The van der Waals surface area contributed by atoms with Crippen LogP contribution in [-0.4, -0.2) is 47.0 Å². The molecule has 2 amide bonds. The fourth-order valence-electron chi connectivity index (χ4n) is 4.35. The number of benzene rings is 1. The van der Waals surface area contributed by atoms with Crippen molar-refractivity contribution in [2.24, 2.45) is 11.8 Å². The van der Waals surface area contributed by atoms with E-state index in [4.69, 9.17) is 4.74 Å². The van der Waals surface area contributed by atoms with Crippen LogP contribution < -0.4 is 5.32 Å². The molecule has 146 valence electrons. The fourth-order valence-corrected chi connectivity index (χ4v) is 4.35. The van der Waals surface area contributed by atoms with Crippen LogP contribution in [0.3, 0.4) is 0 Å². The summed E-state index contributed by atoms with van der Waals surface area (Å²) in [5, 5.41) is 12.9. The molecule has 2 saturated heterocycles. The number of hydrogen-bond donors (Lipinski definition) is 2. The molecule has 0 unspecified atom stereocenters. The van der Waals surface area contributed by atoms with E-state index in [-0.39, 0.29) is 24.2 Å². The van der Waals surface area contributed by atoms with E-state index >= 15 is 0 Å². The monoisotopic (exact) mass is 374 g/mol. The minimum absolute atomic E-state index is 0.113. The van der Waals surface area contributed by atoms with E-state index in [1.165, 1.54) is 19.2 Å². The topological polar surface area (TPSA) is 95.9 Å². The molecule has 2 aliphatic heterocycles.